The van der Waals surface area contributed by atoms with E-state index in [-0.39, 0.29) is 16.6 Å². The van der Waals surface area contributed by atoms with Crippen LogP contribution in [0.2, 0.25) is 0 Å². The molecule has 5 nitrogen and oxygen atoms in total. The van der Waals surface area contributed by atoms with Crippen molar-refractivity contribution in [1.29, 1.82) is 0 Å². The van der Waals surface area contributed by atoms with Crippen LogP contribution in [-0.2, 0) is 9.84 Å². The predicted octanol–water partition coefficient (Wildman–Crippen LogP) is 2.14. The highest BCUT2D eigenvalue weighted by atomic mass is 32.2. The summed E-state index contributed by atoms with van der Waals surface area (Å²) in [5, 5.41) is -0.0319. The molecule has 1 heterocycles. The Bertz CT molecular complexity index is 868. The zero-order valence-corrected chi connectivity index (χ0v) is 11.7. The molecule has 0 spiro atoms. The van der Waals surface area contributed by atoms with Crippen LogP contribution in [0.25, 0.3) is 10.9 Å². The number of halogens is 3. The summed E-state index contributed by atoms with van der Waals surface area (Å²) in [6, 6.07) is 3.03. The van der Waals surface area contributed by atoms with Crippen LogP contribution in [0.3, 0.4) is 0 Å². The number of aromatic nitrogens is 1. The van der Waals surface area contributed by atoms with Crippen molar-refractivity contribution in [2.45, 2.75) is 18.2 Å². The Kier molecular flexibility index (Phi) is 3.48. The van der Waals surface area contributed by atoms with Crippen molar-refractivity contribution in [1.82, 2.24) is 4.98 Å². The van der Waals surface area contributed by atoms with Gasteiger partial charge in [0.15, 0.2) is 9.84 Å². The van der Waals surface area contributed by atoms with Gasteiger partial charge in [0.05, 0.1) is 5.52 Å². The van der Waals surface area contributed by atoms with Gasteiger partial charge in [0, 0.05) is 23.4 Å². The summed E-state index contributed by atoms with van der Waals surface area (Å²) in [7, 11) is -3.75. The summed E-state index contributed by atoms with van der Waals surface area (Å²) in [6.07, 6.45) is -3.97. The maximum atomic E-state index is 12.1. The molecular weight excluding hydrogens is 311 g/mol. The number of sulfone groups is 1. The summed E-state index contributed by atoms with van der Waals surface area (Å²) >= 11 is 0. The van der Waals surface area contributed by atoms with Gasteiger partial charge in [-0.05, 0) is 19.1 Å². The summed E-state index contributed by atoms with van der Waals surface area (Å²) in [4.78, 5) is 14.3. The van der Waals surface area contributed by atoms with Crippen LogP contribution >= 0.6 is 0 Å². The molecule has 114 valence electrons. The second-order valence-corrected chi connectivity index (χ2v) is 6.39. The number of hydrogen-bond donors (Lipinski definition) is 1. The summed E-state index contributed by atoms with van der Waals surface area (Å²) in [5.41, 5.74) is -0.645. The molecular formula is C12H10F3NO4S. The Morgan fingerprint density at radius 2 is 1.86 bits per heavy atom. The van der Waals surface area contributed by atoms with Crippen LogP contribution in [0.5, 0.6) is 5.75 Å². The molecule has 0 fully saturated rings. The van der Waals surface area contributed by atoms with E-state index >= 15 is 0 Å². The van der Waals surface area contributed by atoms with Crippen molar-refractivity contribution in [2.24, 2.45) is 0 Å². The van der Waals surface area contributed by atoms with E-state index in [0.29, 0.717) is 0 Å². The van der Waals surface area contributed by atoms with Gasteiger partial charge < -0.3 is 9.72 Å². The summed E-state index contributed by atoms with van der Waals surface area (Å²) < 4.78 is 63.3. The molecule has 0 atom stereocenters. The highest BCUT2D eigenvalue weighted by Gasteiger charge is 2.31. The van der Waals surface area contributed by atoms with Gasteiger partial charge in [0.1, 0.15) is 10.6 Å². The van der Waals surface area contributed by atoms with Crippen molar-refractivity contribution in [2.75, 3.05) is 6.26 Å². The maximum absolute atomic E-state index is 12.1. The molecule has 9 heteroatoms. The Labute approximate surface area is 117 Å². The van der Waals surface area contributed by atoms with Gasteiger partial charge in [0.25, 0.3) is 0 Å². The molecule has 0 saturated heterocycles. The quantitative estimate of drug-likeness (QED) is 0.919. The highest BCUT2D eigenvalue weighted by Crippen LogP contribution is 2.25. The van der Waals surface area contributed by atoms with Crippen molar-refractivity contribution < 1.29 is 26.3 Å². The first kappa shape index (κ1) is 15.4. The molecule has 1 aromatic carbocycles. The third-order valence-electron chi connectivity index (χ3n) is 2.71. The second kappa shape index (κ2) is 4.76. The average molecular weight is 321 g/mol. The largest absolute Gasteiger partial charge is 0.573 e. The third kappa shape index (κ3) is 3.18. The molecule has 0 aliphatic rings. The number of hydrogen-bond acceptors (Lipinski definition) is 4. The highest BCUT2D eigenvalue weighted by molar-refractivity contribution is 7.90. The third-order valence-corrected chi connectivity index (χ3v) is 3.94. The first-order valence-electron chi connectivity index (χ1n) is 5.61. The number of ether oxygens (including phenoxy) is 1. The van der Waals surface area contributed by atoms with Crippen LogP contribution in [0.4, 0.5) is 13.2 Å². The molecule has 2 rings (SSSR count). The average Bonchev–Trinajstić information content (AvgIpc) is 2.23. The van der Waals surface area contributed by atoms with Gasteiger partial charge in [-0.25, -0.2) is 8.42 Å². The van der Waals surface area contributed by atoms with Crippen LogP contribution < -0.4 is 10.2 Å². The number of aryl methyl sites for hydroxylation is 1. The molecule has 0 saturated carbocycles. The van der Waals surface area contributed by atoms with E-state index in [9.17, 15) is 26.4 Å². The molecule has 0 aliphatic heterocycles. The fourth-order valence-corrected chi connectivity index (χ4v) is 3.07. The minimum Gasteiger partial charge on any atom is -0.406 e. The molecule has 0 amide bonds. The Hall–Kier alpha value is -2.03. The van der Waals surface area contributed by atoms with E-state index in [1.54, 1.807) is 0 Å². The van der Waals surface area contributed by atoms with Gasteiger partial charge in [0.2, 0.25) is 5.43 Å². The molecule has 0 radical (unpaired) electrons. The minimum atomic E-state index is -4.85. The zero-order chi connectivity index (χ0) is 16.0. The molecule has 1 N–H and O–H groups in total. The van der Waals surface area contributed by atoms with Crippen LogP contribution in [0.15, 0.2) is 27.9 Å². The molecule has 1 aromatic heterocycles. The van der Waals surface area contributed by atoms with Crippen molar-refractivity contribution in [3.8, 4) is 5.75 Å². The standard InChI is InChI=1S/C12H10F3NO4S/c1-6-11(21(2,18)19)10(17)8-4-3-7(5-9(8)16-6)20-12(13,14)15/h3-5H,1-2H3,(H,16,17). The summed E-state index contributed by atoms with van der Waals surface area (Å²) in [6.45, 7) is 1.36. The summed E-state index contributed by atoms with van der Waals surface area (Å²) in [5.74, 6) is -0.503. The van der Waals surface area contributed by atoms with Gasteiger partial charge in [-0.15, -0.1) is 13.2 Å². The lowest BCUT2D eigenvalue weighted by atomic mass is 10.2. The Balaban J connectivity index is 2.71. The monoisotopic (exact) mass is 321 g/mol. The van der Waals surface area contributed by atoms with Gasteiger partial charge in [-0.2, -0.15) is 0 Å². The van der Waals surface area contributed by atoms with E-state index in [1.165, 1.54) is 6.92 Å². The fourth-order valence-electron chi connectivity index (χ4n) is 2.02. The second-order valence-electron chi connectivity index (χ2n) is 4.44. The number of nitrogens with one attached hydrogen (secondary N) is 1. The molecule has 0 unspecified atom stereocenters. The number of fused-ring (bicyclic) bond motifs is 1. The Morgan fingerprint density at radius 3 is 2.38 bits per heavy atom. The molecule has 21 heavy (non-hydrogen) atoms. The van der Waals surface area contributed by atoms with Crippen molar-refractivity contribution >= 4 is 20.7 Å². The van der Waals surface area contributed by atoms with Crippen LogP contribution in [0.1, 0.15) is 5.69 Å². The fraction of sp³-hybridized carbons (Fsp3) is 0.250. The van der Waals surface area contributed by atoms with Crippen LogP contribution in [0, 0.1) is 6.92 Å². The lowest BCUT2D eigenvalue weighted by Gasteiger charge is -2.10. The predicted molar refractivity (Wildman–Crippen MR) is 69.1 cm³/mol. The number of alkyl halides is 3. The first-order valence-corrected chi connectivity index (χ1v) is 7.50. The topological polar surface area (TPSA) is 76.2 Å². The van der Waals surface area contributed by atoms with E-state index in [1.807, 2.05) is 0 Å². The lowest BCUT2D eigenvalue weighted by molar-refractivity contribution is -0.274. The van der Waals surface area contributed by atoms with E-state index in [2.05, 4.69) is 9.72 Å². The zero-order valence-electron chi connectivity index (χ0n) is 10.9. The van der Waals surface area contributed by atoms with Gasteiger partial charge in [-0.3, -0.25) is 4.79 Å². The lowest BCUT2D eigenvalue weighted by Crippen LogP contribution is -2.19. The van der Waals surface area contributed by atoms with Crippen molar-refractivity contribution in [3.05, 3.63) is 34.1 Å². The normalized spacial score (nSPS) is 12.6. The van der Waals surface area contributed by atoms with Crippen LogP contribution in [-0.4, -0.2) is 26.0 Å². The van der Waals surface area contributed by atoms with Gasteiger partial charge in [-0.1, -0.05) is 0 Å². The first-order chi connectivity index (χ1) is 9.49. The smallest absolute Gasteiger partial charge is 0.406 e. The van der Waals surface area contributed by atoms with E-state index in [4.69, 9.17) is 0 Å². The van der Waals surface area contributed by atoms with Gasteiger partial charge >= 0.3 is 6.36 Å². The number of benzene rings is 1. The number of pyridine rings is 1. The number of rotatable bonds is 2. The minimum absolute atomic E-state index is 0.0319. The molecule has 0 aliphatic carbocycles. The molecule has 0 bridgehead atoms. The number of aromatic amines is 1. The van der Waals surface area contributed by atoms with Crippen molar-refractivity contribution in [3.63, 3.8) is 0 Å². The van der Waals surface area contributed by atoms with E-state index < -0.39 is 32.3 Å². The van der Waals surface area contributed by atoms with E-state index in [0.717, 1.165) is 24.5 Å². The molecule has 2 aromatic rings. The number of H-pyrrole nitrogens is 1. The Morgan fingerprint density at radius 1 is 1.24 bits per heavy atom. The maximum Gasteiger partial charge on any atom is 0.573 e. The SMILES string of the molecule is Cc1[nH]c2cc(OC(F)(F)F)ccc2c(=O)c1S(C)(=O)=O.